The van der Waals surface area contributed by atoms with Gasteiger partial charge in [0.25, 0.3) is 11.8 Å². The van der Waals surface area contributed by atoms with Gasteiger partial charge in [0, 0.05) is 19.3 Å². The van der Waals surface area contributed by atoms with Gasteiger partial charge in [0.1, 0.15) is 11.5 Å². The smallest absolute Gasteiger partial charge is 0.268 e. The highest BCUT2D eigenvalue weighted by Crippen LogP contribution is 2.28. The van der Waals surface area contributed by atoms with Gasteiger partial charge in [-0.2, -0.15) is 4.31 Å². The van der Waals surface area contributed by atoms with Crippen molar-refractivity contribution in [3.63, 3.8) is 0 Å². The first-order valence-electron chi connectivity index (χ1n) is 9.49. The quantitative estimate of drug-likeness (QED) is 0.714. The summed E-state index contributed by atoms with van der Waals surface area (Å²) in [6.45, 7) is 0.473. The van der Waals surface area contributed by atoms with E-state index in [1.807, 2.05) is 0 Å². The molecule has 152 valence electrons. The first-order chi connectivity index (χ1) is 13.9. The molecule has 1 aromatic carbocycles. The Morgan fingerprint density at radius 2 is 1.72 bits per heavy atom. The van der Waals surface area contributed by atoms with E-state index < -0.39 is 27.7 Å². The average Bonchev–Trinajstić information content (AvgIpc) is 2.92. The number of benzene rings is 1. The molecule has 0 atom stereocenters. The molecule has 0 spiro atoms. The molecule has 4 rings (SSSR count). The second kappa shape index (κ2) is 7.64. The third-order valence-electron chi connectivity index (χ3n) is 5.27. The third kappa shape index (κ3) is 3.56. The Kier molecular flexibility index (Phi) is 5.18. The molecule has 29 heavy (non-hydrogen) atoms. The number of imide groups is 1. The lowest BCUT2D eigenvalue weighted by Gasteiger charge is -2.23. The molecule has 0 bridgehead atoms. The zero-order chi connectivity index (χ0) is 20.6. The summed E-state index contributed by atoms with van der Waals surface area (Å²) in [5.74, 6) is -1.82. The van der Waals surface area contributed by atoms with Gasteiger partial charge in [0.15, 0.2) is 0 Å². The van der Waals surface area contributed by atoms with Crippen LogP contribution in [-0.2, 0) is 16.6 Å². The molecule has 0 saturated carbocycles. The van der Waals surface area contributed by atoms with Crippen LogP contribution in [0, 0.1) is 5.82 Å². The topological polar surface area (TPSA) is 87.6 Å². The van der Waals surface area contributed by atoms with E-state index in [4.69, 9.17) is 0 Å². The van der Waals surface area contributed by atoms with E-state index >= 15 is 0 Å². The molecule has 2 aliphatic rings. The van der Waals surface area contributed by atoms with Gasteiger partial charge in [-0.25, -0.2) is 12.8 Å². The Bertz CT molecular complexity index is 1040. The van der Waals surface area contributed by atoms with Crippen LogP contribution in [0.15, 0.2) is 41.4 Å². The SMILES string of the molecule is O=C1c2cccnc2C(=O)N1Cc1ccc(F)cc1S(=O)(=O)N1CCCCCC1. The molecule has 0 N–H and O–H groups in total. The normalized spacial score (nSPS) is 18.0. The van der Waals surface area contributed by atoms with Crippen LogP contribution in [0.4, 0.5) is 4.39 Å². The highest BCUT2D eigenvalue weighted by molar-refractivity contribution is 7.89. The second-order valence-corrected chi connectivity index (χ2v) is 9.07. The molecular weight excluding hydrogens is 397 g/mol. The van der Waals surface area contributed by atoms with Gasteiger partial charge < -0.3 is 0 Å². The molecule has 0 radical (unpaired) electrons. The van der Waals surface area contributed by atoms with E-state index in [1.165, 1.54) is 22.6 Å². The van der Waals surface area contributed by atoms with Crippen molar-refractivity contribution < 1.29 is 22.4 Å². The Morgan fingerprint density at radius 3 is 2.41 bits per heavy atom. The summed E-state index contributed by atoms with van der Waals surface area (Å²) in [7, 11) is -3.95. The minimum absolute atomic E-state index is 0.0385. The molecule has 1 saturated heterocycles. The predicted molar refractivity (Wildman–Crippen MR) is 102 cm³/mol. The minimum Gasteiger partial charge on any atom is -0.268 e. The molecule has 1 aromatic heterocycles. The second-order valence-electron chi connectivity index (χ2n) is 7.17. The maximum Gasteiger partial charge on any atom is 0.280 e. The lowest BCUT2D eigenvalue weighted by atomic mass is 10.2. The summed E-state index contributed by atoms with van der Waals surface area (Å²) in [5, 5.41) is 0. The van der Waals surface area contributed by atoms with Crippen LogP contribution in [0.1, 0.15) is 52.1 Å². The molecule has 3 heterocycles. The number of carbonyl (C=O) groups excluding carboxylic acids is 2. The number of sulfonamides is 1. The first-order valence-corrected chi connectivity index (χ1v) is 10.9. The van der Waals surface area contributed by atoms with Crippen molar-refractivity contribution in [2.24, 2.45) is 0 Å². The molecule has 0 unspecified atom stereocenters. The van der Waals surface area contributed by atoms with E-state index in [0.29, 0.717) is 13.1 Å². The minimum atomic E-state index is -3.95. The summed E-state index contributed by atoms with van der Waals surface area (Å²) < 4.78 is 41.8. The van der Waals surface area contributed by atoms with Crippen LogP contribution in [0.25, 0.3) is 0 Å². The summed E-state index contributed by atoms with van der Waals surface area (Å²) in [5.41, 5.74) is 0.415. The summed E-state index contributed by atoms with van der Waals surface area (Å²) in [6.07, 6.45) is 4.80. The van der Waals surface area contributed by atoms with Gasteiger partial charge in [-0.1, -0.05) is 18.9 Å². The molecule has 7 nitrogen and oxygen atoms in total. The number of rotatable bonds is 4. The molecule has 1 fully saturated rings. The Morgan fingerprint density at radius 1 is 1.00 bits per heavy atom. The van der Waals surface area contributed by atoms with Gasteiger partial charge in [-0.15, -0.1) is 0 Å². The Hall–Kier alpha value is -2.65. The lowest BCUT2D eigenvalue weighted by molar-refractivity contribution is 0.0639. The number of hydrogen-bond donors (Lipinski definition) is 0. The van der Waals surface area contributed by atoms with Gasteiger partial charge in [-0.3, -0.25) is 19.5 Å². The van der Waals surface area contributed by atoms with E-state index in [1.54, 1.807) is 6.07 Å². The zero-order valence-corrected chi connectivity index (χ0v) is 16.5. The standard InChI is InChI=1S/C20H20FN3O4S/c21-15-8-7-14(13-24-19(25)16-6-5-9-22-18(16)20(24)26)17(12-15)29(27,28)23-10-3-1-2-4-11-23/h5-9,12H,1-4,10-11,13H2. The fourth-order valence-electron chi connectivity index (χ4n) is 3.75. The predicted octanol–water partition coefficient (Wildman–Crippen LogP) is 2.58. The summed E-state index contributed by atoms with van der Waals surface area (Å²) >= 11 is 0. The fraction of sp³-hybridized carbons (Fsp3) is 0.350. The number of amides is 2. The van der Waals surface area contributed by atoms with Crippen LogP contribution >= 0.6 is 0 Å². The van der Waals surface area contributed by atoms with Crippen LogP contribution in [0.5, 0.6) is 0 Å². The average molecular weight is 417 g/mol. The van der Waals surface area contributed by atoms with E-state index in [-0.39, 0.29) is 28.3 Å². The maximum absolute atomic E-state index is 14.0. The van der Waals surface area contributed by atoms with Crippen LogP contribution < -0.4 is 0 Å². The number of halogens is 1. The summed E-state index contributed by atoms with van der Waals surface area (Å²) in [6, 6.07) is 6.47. The number of fused-ring (bicyclic) bond motifs is 1. The Labute approximate surface area is 168 Å². The van der Waals surface area contributed by atoms with Crippen molar-refractivity contribution in [2.75, 3.05) is 13.1 Å². The largest absolute Gasteiger partial charge is 0.280 e. The molecule has 2 aromatic rings. The van der Waals surface area contributed by atoms with Crippen molar-refractivity contribution in [3.8, 4) is 0 Å². The van der Waals surface area contributed by atoms with Gasteiger partial charge in [0.2, 0.25) is 10.0 Å². The zero-order valence-electron chi connectivity index (χ0n) is 15.7. The van der Waals surface area contributed by atoms with Crippen LogP contribution in [0.2, 0.25) is 0 Å². The van der Waals surface area contributed by atoms with Crippen molar-refractivity contribution >= 4 is 21.8 Å². The van der Waals surface area contributed by atoms with Crippen molar-refractivity contribution in [1.29, 1.82) is 0 Å². The molecule has 2 amide bonds. The number of hydrogen-bond acceptors (Lipinski definition) is 5. The highest BCUT2D eigenvalue weighted by Gasteiger charge is 2.38. The lowest BCUT2D eigenvalue weighted by Crippen LogP contribution is -2.34. The number of nitrogens with zero attached hydrogens (tertiary/aromatic N) is 3. The molecule has 9 heteroatoms. The van der Waals surface area contributed by atoms with Crippen molar-refractivity contribution in [1.82, 2.24) is 14.2 Å². The maximum atomic E-state index is 14.0. The number of aromatic nitrogens is 1. The molecule has 2 aliphatic heterocycles. The number of carbonyl (C=O) groups is 2. The highest BCUT2D eigenvalue weighted by atomic mass is 32.2. The fourth-order valence-corrected chi connectivity index (χ4v) is 5.49. The number of pyridine rings is 1. The van der Waals surface area contributed by atoms with Crippen LogP contribution in [0.3, 0.4) is 0 Å². The first kappa shape index (κ1) is 19.7. The van der Waals surface area contributed by atoms with Gasteiger partial charge in [-0.05, 0) is 42.7 Å². The van der Waals surface area contributed by atoms with Crippen LogP contribution in [-0.4, -0.2) is 47.5 Å². The van der Waals surface area contributed by atoms with Gasteiger partial charge >= 0.3 is 0 Å². The van der Waals surface area contributed by atoms with E-state index in [9.17, 15) is 22.4 Å². The Balaban J connectivity index is 1.70. The third-order valence-corrected chi connectivity index (χ3v) is 7.25. The van der Waals surface area contributed by atoms with E-state index in [2.05, 4.69) is 4.98 Å². The van der Waals surface area contributed by atoms with E-state index in [0.717, 1.165) is 42.7 Å². The van der Waals surface area contributed by atoms with Crippen molar-refractivity contribution in [2.45, 2.75) is 37.1 Å². The molecular formula is C20H20FN3O4S. The van der Waals surface area contributed by atoms with Gasteiger partial charge in [0.05, 0.1) is 17.0 Å². The van der Waals surface area contributed by atoms with Crippen molar-refractivity contribution in [3.05, 3.63) is 59.2 Å². The molecule has 0 aliphatic carbocycles. The monoisotopic (exact) mass is 417 g/mol. The summed E-state index contributed by atoms with van der Waals surface area (Å²) in [4.78, 5) is 29.9.